The Morgan fingerprint density at radius 1 is 1.44 bits per heavy atom. The lowest BCUT2D eigenvalue weighted by Crippen LogP contribution is -2.00. The van der Waals surface area contributed by atoms with Crippen LogP contribution in [0.15, 0.2) is 18.2 Å². The van der Waals surface area contributed by atoms with Gasteiger partial charge >= 0.3 is 5.97 Å². The molecule has 0 saturated carbocycles. The zero-order chi connectivity index (χ0) is 13.7. The summed E-state index contributed by atoms with van der Waals surface area (Å²) in [6, 6.07) is 2.70. The first kappa shape index (κ1) is 13.5. The van der Waals surface area contributed by atoms with Gasteiger partial charge in [0.15, 0.2) is 0 Å². The van der Waals surface area contributed by atoms with Gasteiger partial charge in [0.25, 0.3) is 5.69 Å². The molecule has 7 nitrogen and oxygen atoms in total. The Hall–Kier alpha value is -2.57. The van der Waals surface area contributed by atoms with E-state index in [1.807, 2.05) is 0 Å². The Balaban J connectivity index is 3.26. The van der Waals surface area contributed by atoms with E-state index in [2.05, 4.69) is 4.74 Å². The normalized spacial score (nSPS) is 10.3. The molecule has 0 aliphatic carbocycles. The van der Waals surface area contributed by atoms with Crippen molar-refractivity contribution in [2.45, 2.75) is 0 Å². The lowest BCUT2D eigenvalue weighted by Gasteiger charge is -2.05. The number of nitro groups is 1. The van der Waals surface area contributed by atoms with Gasteiger partial charge in [0.05, 0.1) is 25.2 Å². The molecule has 2 N–H and O–H groups in total. The molecule has 0 atom stereocenters. The number of carbonyl (C=O) groups excluding carboxylic acids is 1. The van der Waals surface area contributed by atoms with Gasteiger partial charge in [-0.15, -0.1) is 0 Å². The lowest BCUT2D eigenvalue weighted by molar-refractivity contribution is -0.384. The van der Waals surface area contributed by atoms with Crippen LogP contribution in [0.25, 0.3) is 6.08 Å². The number of benzene rings is 1. The summed E-state index contributed by atoms with van der Waals surface area (Å²) in [7, 11) is 2.60. The average molecular weight is 252 g/mol. The summed E-state index contributed by atoms with van der Waals surface area (Å²) >= 11 is 0. The molecule has 0 spiro atoms. The SMILES string of the molecule is COC(=O)C=Cc1cc(OC)cc([N+](=O)[O-])c1N. The maximum absolute atomic E-state index is 11.0. The van der Waals surface area contributed by atoms with Crippen LogP contribution in [0.2, 0.25) is 0 Å². The van der Waals surface area contributed by atoms with Crippen molar-refractivity contribution in [1.82, 2.24) is 0 Å². The molecule has 7 heteroatoms. The van der Waals surface area contributed by atoms with Gasteiger partial charge in [0.2, 0.25) is 0 Å². The molecule has 0 heterocycles. The smallest absolute Gasteiger partial charge is 0.330 e. The first-order valence-electron chi connectivity index (χ1n) is 4.87. The summed E-state index contributed by atoms with van der Waals surface area (Å²) in [5.74, 6) is -0.305. The van der Waals surface area contributed by atoms with Gasteiger partial charge in [-0.25, -0.2) is 4.79 Å². The molecule has 0 amide bonds. The van der Waals surface area contributed by atoms with Crippen LogP contribution in [0.5, 0.6) is 5.75 Å². The molecule has 0 unspecified atom stereocenters. The maximum atomic E-state index is 11.0. The monoisotopic (exact) mass is 252 g/mol. The van der Waals surface area contributed by atoms with Crippen molar-refractivity contribution in [3.05, 3.63) is 33.9 Å². The van der Waals surface area contributed by atoms with E-state index >= 15 is 0 Å². The van der Waals surface area contributed by atoms with E-state index in [9.17, 15) is 14.9 Å². The van der Waals surface area contributed by atoms with Crippen LogP contribution in [0, 0.1) is 10.1 Å². The summed E-state index contributed by atoms with van der Waals surface area (Å²) < 4.78 is 9.34. The number of hydrogen-bond acceptors (Lipinski definition) is 6. The number of nitrogen functional groups attached to an aromatic ring is 1. The fourth-order valence-electron chi connectivity index (χ4n) is 1.27. The number of ether oxygens (including phenoxy) is 2. The second kappa shape index (κ2) is 5.67. The molecule has 0 radical (unpaired) electrons. The molecular weight excluding hydrogens is 240 g/mol. The molecule has 0 saturated heterocycles. The molecular formula is C11H12N2O5. The fraction of sp³-hybridized carbons (Fsp3) is 0.182. The molecule has 0 aliphatic rings. The van der Waals surface area contributed by atoms with Gasteiger partial charge in [-0.3, -0.25) is 10.1 Å². The van der Waals surface area contributed by atoms with Crippen LogP contribution in [-0.2, 0) is 9.53 Å². The Labute approximate surface area is 103 Å². The number of methoxy groups -OCH3 is 2. The van der Waals surface area contributed by atoms with Gasteiger partial charge in [0.1, 0.15) is 11.4 Å². The van der Waals surface area contributed by atoms with Crippen LogP contribution >= 0.6 is 0 Å². The summed E-state index contributed by atoms with van der Waals surface area (Å²) in [6.45, 7) is 0. The quantitative estimate of drug-likeness (QED) is 0.285. The standard InChI is InChI=1S/C11H12N2O5/c1-17-8-5-7(3-4-10(14)18-2)11(12)9(6-8)13(15)16/h3-6H,12H2,1-2H3. The van der Waals surface area contributed by atoms with Gasteiger partial charge in [-0.1, -0.05) is 0 Å². The van der Waals surface area contributed by atoms with Crippen molar-refractivity contribution in [2.75, 3.05) is 20.0 Å². The predicted molar refractivity (Wildman–Crippen MR) is 65.1 cm³/mol. The highest BCUT2D eigenvalue weighted by Gasteiger charge is 2.16. The summed E-state index contributed by atoms with van der Waals surface area (Å²) in [5, 5.41) is 10.8. The molecule has 0 aliphatic heterocycles. The molecule has 18 heavy (non-hydrogen) atoms. The zero-order valence-corrected chi connectivity index (χ0v) is 9.88. The molecule has 96 valence electrons. The van der Waals surface area contributed by atoms with E-state index in [0.29, 0.717) is 5.56 Å². The Morgan fingerprint density at radius 2 is 2.11 bits per heavy atom. The number of carbonyl (C=O) groups is 1. The third-order valence-electron chi connectivity index (χ3n) is 2.20. The van der Waals surface area contributed by atoms with Gasteiger partial charge in [-0.2, -0.15) is 0 Å². The third kappa shape index (κ3) is 2.97. The van der Waals surface area contributed by atoms with Crippen LogP contribution < -0.4 is 10.5 Å². The molecule has 0 bridgehead atoms. The van der Waals surface area contributed by atoms with Crippen molar-refractivity contribution in [1.29, 1.82) is 0 Å². The Morgan fingerprint density at radius 3 is 2.61 bits per heavy atom. The minimum absolute atomic E-state index is 0.0408. The van der Waals surface area contributed by atoms with Crippen LogP contribution in [0.1, 0.15) is 5.56 Å². The van der Waals surface area contributed by atoms with Crippen LogP contribution in [-0.4, -0.2) is 25.1 Å². The first-order valence-corrected chi connectivity index (χ1v) is 4.87. The molecule has 0 fully saturated rings. The highest BCUT2D eigenvalue weighted by atomic mass is 16.6. The lowest BCUT2D eigenvalue weighted by atomic mass is 10.1. The van der Waals surface area contributed by atoms with E-state index in [1.165, 1.54) is 32.4 Å². The van der Waals surface area contributed by atoms with Crippen molar-refractivity contribution in [3.8, 4) is 5.75 Å². The molecule has 1 aromatic carbocycles. The van der Waals surface area contributed by atoms with E-state index in [1.54, 1.807) is 0 Å². The number of rotatable bonds is 4. The molecule has 1 rings (SSSR count). The van der Waals surface area contributed by atoms with Gasteiger partial charge in [-0.05, 0) is 12.1 Å². The maximum Gasteiger partial charge on any atom is 0.330 e. The first-order chi connectivity index (χ1) is 8.49. The van der Waals surface area contributed by atoms with Crippen LogP contribution in [0.3, 0.4) is 0 Å². The highest BCUT2D eigenvalue weighted by Crippen LogP contribution is 2.31. The van der Waals surface area contributed by atoms with E-state index in [0.717, 1.165) is 6.08 Å². The van der Waals surface area contributed by atoms with E-state index in [4.69, 9.17) is 10.5 Å². The number of hydrogen-bond donors (Lipinski definition) is 1. The van der Waals surface area contributed by atoms with Crippen molar-refractivity contribution < 1.29 is 19.2 Å². The van der Waals surface area contributed by atoms with Crippen molar-refractivity contribution in [2.24, 2.45) is 0 Å². The summed E-state index contributed by atoms with van der Waals surface area (Å²) in [6.07, 6.45) is 2.45. The van der Waals surface area contributed by atoms with Gasteiger partial charge in [0, 0.05) is 11.6 Å². The summed E-state index contributed by atoms with van der Waals surface area (Å²) in [4.78, 5) is 21.1. The minimum atomic E-state index is -0.618. The van der Waals surface area contributed by atoms with Crippen molar-refractivity contribution in [3.63, 3.8) is 0 Å². The molecule has 0 aromatic heterocycles. The fourth-order valence-corrected chi connectivity index (χ4v) is 1.27. The average Bonchev–Trinajstić information content (AvgIpc) is 2.36. The second-order valence-corrected chi connectivity index (χ2v) is 3.26. The summed E-state index contributed by atoms with van der Waals surface area (Å²) in [5.41, 5.74) is 5.63. The molecule has 1 aromatic rings. The number of anilines is 1. The van der Waals surface area contributed by atoms with Gasteiger partial charge < -0.3 is 15.2 Å². The Kier molecular flexibility index (Phi) is 4.25. The Bertz CT molecular complexity index is 510. The number of nitro benzene ring substituents is 1. The topological polar surface area (TPSA) is 105 Å². The number of esters is 1. The van der Waals surface area contributed by atoms with Crippen molar-refractivity contribution >= 4 is 23.4 Å². The van der Waals surface area contributed by atoms with E-state index < -0.39 is 10.9 Å². The minimum Gasteiger partial charge on any atom is -0.496 e. The second-order valence-electron chi connectivity index (χ2n) is 3.26. The largest absolute Gasteiger partial charge is 0.496 e. The zero-order valence-electron chi connectivity index (χ0n) is 9.88. The highest BCUT2D eigenvalue weighted by molar-refractivity contribution is 5.89. The van der Waals surface area contributed by atoms with Crippen LogP contribution in [0.4, 0.5) is 11.4 Å². The number of nitrogens with zero attached hydrogens (tertiary/aromatic N) is 1. The number of nitrogens with two attached hydrogens (primary N) is 1. The third-order valence-corrected chi connectivity index (χ3v) is 2.20. The van der Waals surface area contributed by atoms with E-state index in [-0.39, 0.29) is 17.1 Å². The predicted octanol–water partition coefficient (Wildman–Crippen LogP) is 1.37.